The molecule has 7 heteroatoms. The maximum Gasteiger partial charge on any atom is 0.283 e. The lowest BCUT2D eigenvalue weighted by Gasteiger charge is -2.23. The molecular weight excluding hydrogens is 314 g/mol. The fraction of sp³-hybridized carbons (Fsp3) is 0.625. The van der Waals surface area contributed by atoms with Gasteiger partial charge in [-0.3, -0.25) is 4.79 Å². The molecule has 6 nitrogen and oxygen atoms in total. The van der Waals surface area contributed by atoms with Crippen LogP contribution in [0, 0.1) is 5.92 Å². The average molecular weight is 339 g/mol. The Kier molecular flexibility index (Phi) is 4.98. The van der Waals surface area contributed by atoms with Crippen LogP contribution in [-0.2, 0) is 21.9 Å². The monoisotopic (exact) mass is 339 g/mol. The lowest BCUT2D eigenvalue weighted by Crippen LogP contribution is -2.36. The number of nitrogens with zero attached hydrogens (tertiary/aromatic N) is 2. The van der Waals surface area contributed by atoms with Gasteiger partial charge in [-0.05, 0) is 33.1 Å². The van der Waals surface area contributed by atoms with E-state index in [1.54, 1.807) is 11.6 Å². The van der Waals surface area contributed by atoms with Gasteiger partial charge in [-0.15, -0.1) is 0 Å². The van der Waals surface area contributed by atoms with Crippen LogP contribution in [0.2, 0.25) is 0 Å². The van der Waals surface area contributed by atoms with Crippen LogP contribution in [0.1, 0.15) is 58.7 Å². The molecule has 1 heterocycles. The summed E-state index contributed by atoms with van der Waals surface area (Å²) in [6, 6.07) is 0. The van der Waals surface area contributed by atoms with Crippen molar-refractivity contribution in [3.05, 3.63) is 23.2 Å². The van der Waals surface area contributed by atoms with Crippen LogP contribution in [0.25, 0.3) is 0 Å². The molecule has 0 fully saturated rings. The molecule has 128 valence electrons. The first kappa shape index (κ1) is 17.7. The van der Waals surface area contributed by atoms with E-state index in [1.807, 2.05) is 20.8 Å². The fourth-order valence-electron chi connectivity index (χ4n) is 2.86. The third-order valence-corrected chi connectivity index (χ3v) is 5.65. The molecule has 1 aromatic heterocycles. The van der Waals surface area contributed by atoms with Gasteiger partial charge in [0, 0.05) is 25.1 Å². The highest BCUT2D eigenvalue weighted by Crippen LogP contribution is 2.29. The average Bonchev–Trinajstić information content (AvgIpc) is 2.84. The molecular formula is C16H25N3O3S. The number of sulfonamides is 1. The molecule has 1 amide bonds. The zero-order valence-corrected chi connectivity index (χ0v) is 15.2. The van der Waals surface area contributed by atoms with Gasteiger partial charge in [-0.25, -0.2) is 9.71 Å². The summed E-state index contributed by atoms with van der Waals surface area (Å²) in [6.07, 6.45) is 3.59. The zero-order valence-electron chi connectivity index (χ0n) is 14.4. The van der Waals surface area contributed by atoms with E-state index >= 15 is 0 Å². The molecule has 0 aliphatic heterocycles. The molecule has 0 saturated heterocycles. The van der Waals surface area contributed by atoms with Crippen molar-refractivity contribution in [3.8, 4) is 0 Å². The normalized spacial score (nSPS) is 19.3. The highest BCUT2D eigenvalue weighted by Gasteiger charge is 2.29. The van der Waals surface area contributed by atoms with Crippen LogP contribution in [0.4, 0.5) is 0 Å². The number of nitrogens with one attached hydrogen (secondary N) is 1. The molecule has 1 N–H and O–H groups in total. The van der Waals surface area contributed by atoms with Gasteiger partial charge in [-0.2, -0.15) is 8.42 Å². The highest BCUT2D eigenvalue weighted by atomic mass is 32.2. The number of rotatable bonds is 4. The van der Waals surface area contributed by atoms with Crippen molar-refractivity contribution in [1.82, 2.24) is 14.3 Å². The van der Waals surface area contributed by atoms with Crippen molar-refractivity contribution in [1.29, 1.82) is 0 Å². The molecule has 0 aromatic carbocycles. The summed E-state index contributed by atoms with van der Waals surface area (Å²) in [4.78, 5) is 16.5. The van der Waals surface area contributed by atoms with Crippen LogP contribution >= 0.6 is 0 Å². The second kappa shape index (κ2) is 6.47. The molecule has 1 aromatic rings. The van der Waals surface area contributed by atoms with Crippen molar-refractivity contribution in [3.63, 3.8) is 0 Å². The van der Waals surface area contributed by atoms with E-state index < -0.39 is 15.9 Å². The van der Waals surface area contributed by atoms with E-state index in [2.05, 4.69) is 16.6 Å². The van der Waals surface area contributed by atoms with E-state index in [9.17, 15) is 13.2 Å². The number of aryl methyl sites for hydroxylation is 1. The second-order valence-electron chi connectivity index (χ2n) is 6.67. The van der Waals surface area contributed by atoms with Crippen molar-refractivity contribution < 1.29 is 13.2 Å². The molecule has 1 atom stereocenters. The number of aromatic nitrogens is 2. The fourth-order valence-corrected chi connectivity index (χ4v) is 3.91. The molecule has 0 saturated carbocycles. The number of carbonyl (C=O) groups is 1. The van der Waals surface area contributed by atoms with Gasteiger partial charge in [0.25, 0.3) is 10.0 Å². The largest absolute Gasteiger partial charge is 0.336 e. The summed E-state index contributed by atoms with van der Waals surface area (Å²) in [5.41, 5.74) is 2.47. The Labute approximate surface area is 138 Å². The Balaban J connectivity index is 2.15. The first-order valence-electron chi connectivity index (χ1n) is 7.87. The van der Waals surface area contributed by atoms with Crippen LogP contribution < -0.4 is 4.72 Å². The molecule has 0 spiro atoms. The Morgan fingerprint density at radius 3 is 2.52 bits per heavy atom. The third-order valence-electron chi connectivity index (χ3n) is 4.44. The minimum Gasteiger partial charge on any atom is -0.336 e. The molecule has 1 aliphatic carbocycles. The van der Waals surface area contributed by atoms with Gasteiger partial charge < -0.3 is 4.57 Å². The molecule has 0 radical (unpaired) electrons. The summed E-state index contributed by atoms with van der Waals surface area (Å²) in [7, 11) is -2.17. The summed E-state index contributed by atoms with van der Waals surface area (Å²) in [5, 5.41) is -0.101. The highest BCUT2D eigenvalue weighted by molar-refractivity contribution is 7.90. The summed E-state index contributed by atoms with van der Waals surface area (Å²) in [6.45, 7) is 7.94. The van der Waals surface area contributed by atoms with Crippen LogP contribution in [0.5, 0.6) is 0 Å². The smallest absolute Gasteiger partial charge is 0.283 e. The number of hydrogen-bond acceptors (Lipinski definition) is 4. The van der Waals surface area contributed by atoms with Gasteiger partial charge in [0.15, 0.2) is 5.03 Å². The van der Waals surface area contributed by atoms with E-state index in [-0.39, 0.29) is 16.9 Å². The van der Waals surface area contributed by atoms with E-state index in [4.69, 9.17) is 0 Å². The predicted octanol–water partition coefficient (Wildman–Crippen LogP) is 2.48. The Bertz CT molecular complexity index is 745. The lowest BCUT2D eigenvalue weighted by molar-refractivity contribution is -0.123. The number of imidazole rings is 1. The van der Waals surface area contributed by atoms with Crippen molar-refractivity contribution >= 4 is 15.9 Å². The Morgan fingerprint density at radius 1 is 1.35 bits per heavy atom. The Hall–Kier alpha value is -1.63. The second-order valence-corrected chi connectivity index (χ2v) is 8.30. The minimum atomic E-state index is -3.92. The number of allylic oxidation sites excluding steroid dienone is 2. The van der Waals surface area contributed by atoms with Crippen LogP contribution in [0.3, 0.4) is 0 Å². The standard InChI is InChI=1S/C16H25N3O3S/c1-10(2)15-17-14(9-19(15)5)23(21,22)18-16(20)13-7-6-11(3)12(4)8-13/h9-10,13H,6-8H2,1-5H3,(H,18,20). The number of carbonyl (C=O) groups excluding carboxylic acids is 1. The van der Waals surface area contributed by atoms with Gasteiger partial charge in [0.05, 0.1) is 0 Å². The first-order valence-corrected chi connectivity index (χ1v) is 9.35. The van der Waals surface area contributed by atoms with Gasteiger partial charge in [-0.1, -0.05) is 25.0 Å². The third kappa shape index (κ3) is 3.83. The number of hydrogen-bond donors (Lipinski definition) is 1. The van der Waals surface area contributed by atoms with Crippen LogP contribution in [0.15, 0.2) is 22.4 Å². The van der Waals surface area contributed by atoms with E-state index in [0.717, 1.165) is 6.42 Å². The number of amides is 1. The predicted molar refractivity (Wildman–Crippen MR) is 88.3 cm³/mol. The van der Waals surface area contributed by atoms with Crippen molar-refractivity contribution in [2.45, 2.75) is 57.9 Å². The quantitative estimate of drug-likeness (QED) is 0.855. The Morgan fingerprint density at radius 2 is 2.00 bits per heavy atom. The molecule has 2 rings (SSSR count). The molecule has 1 unspecified atom stereocenters. The maximum absolute atomic E-state index is 12.4. The summed E-state index contributed by atoms with van der Waals surface area (Å²) >= 11 is 0. The van der Waals surface area contributed by atoms with E-state index in [0.29, 0.717) is 18.7 Å². The molecule has 1 aliphatic rings. The van der Waals surface area contributed by atoms with Gasteiger partial charge >= 0.3 is 0 Å². The SMILES string of the molecule is CC1=C(C)CC(C(=O)NS(=O)(=O)c2cn(C)c(C(C)C)n2)CC1. The maximum atomic E-state index is 12.4. The first-order chi connectivity index (χ1) is 10.6. The molecule has 23 heavy (non-hydrogen) atoms. The zero-order chi connectivity index (χ0) is 17.4. The summed E-state index contributed by atoms with van der Waals surface area (Å²) < 4.78 is 28.7. The van der Waals surface area contributed by atoms with Crippen LogP contribution in [-0.4, -0.2) is 23.9 Å². The van der Waals surface area contributed by atoms with E-state index in [1.165, 1.54) is 17.3 Å². The summed E-state index contributed by atoms with van der Waals surface area (Å²) in [5.74, 6) is 0.0500. The minimum absolute atomic E-state index is 0.101. The lowest BCUT2D eigenvalue weighted by atomic mass is 9.85. The topological polar surface area (TPSA) is 81.1 Å². The van der Waals surface area contributed by atoms with Gasteiger partial charge in [0.2, 0.25) is 5.91 Å². The molecule has 0 bridgehead atoms. The van der Waals surface area contributed by atoms with Gasteiger partial charge in [0.1, 0.15) is 5.82 Å². The van der Waals surface area contributed by atoms with Crippen molar-refractivity contribution in [2.24, 2.45) is 13.0 Å². The van der Waals surface area contributed by atoms with Crippen molar-refractivity contribution in [2.75, 3.05) is 0 Å².